The largest absolute Gasteiger partial charge is 0.490 e. The van der Waals surface area contributed by atoms with Crippen LogP contribution in [0.1, 0.15) is 20.3 Å². The molecule has 0 saturated carbocycles. The van der Waals surface area contributed by atoms with Crippen molar-refractivity contribution in [1.29, 1.82) is 0 Å². The van der Waals surface area contributed by atoms with Crippen LogP contribution in [0, 0.1) is 11.6 Å². The number of para-hydroxylation sites is 2. The van der Waals surface area contributed by atoms with E-state index in [0.29, 0.717) is 18.1 Å². The molecular formula is C20H21F2NO5. The minimum atomic E-state index is -1.23. The SMILES string of the molecule is CCCOc1ccccc1OCC(=O)O[C@@H](C)C(=O)Nc1cc(F)ccc1F. The molecule has 0 heterocycles. The van der Waals surface area contributed by atoms with Gasteiger partial charge in [-0.1, -0.05) is 19.1 Å². The lowest BCUT2D eigenvalue weighted by Gasteiger charge is -2.15. The van der Waals surface area contributed by atoms with Crippen LogP contribution in [0.4, 0.5) is 14.5 Å². The fourth-order valence-electron chi connectivity index (χ4n) is 2.15. The Hall–Kier alpha value is -3.16. The van der Waals surface area contributed by atoms with Crippen molar-refractivity contribution in [2.75, 3.05) is 18.5 Å². The summed E-state index contributed by atoms with van der Waals surface area (Å²) < 4.78 is 42.6. The van der Waals surface area contributed by atoms with E-state index in [0.717, 1.165) is 24.6 Å². The van der Waals surface area contributed by atoms with Crippen molar-refractivity contribution in [1.82, 2.24) is 0 Å². The highest BCUT2D eigenvalue weighted by molar-refractivity contribution is 5.95. The number of halogens is 2. The van der Waals surface area contributed by atoms with Gasteiger partial charge in [-0.15, -0.1) is 0 Å². The molecule has 28 heavy (non-hydrogen) atoms. The van der Waals surface area contributed by atoms with Crippen LogP contribution in [0.3, 0.4) is 0 Å². The second kappa shape index (κ2) is 10.2. The standard InChI is InChI=1S/C20H21F2NO5/c1-3-10-26-17-6-4-5-7-18(17)27-12-19(24)28-13(2)20(25)23-16-11-14(21)8-9-15(16)22/h4-9,11,13H,3,10,12H2,1-2H3,(H,23,25)/t13-/m0/s1. The summed E-state index contributed by atoms with van der Waals surface area (Å²) >= 11 is 0. The van der Waals surface area contributed by atoms with Crippen LogP contribution >= 0.6 is 0 Å². The maximum atomic E-state index is 13.6. The van der Waals surface area contributed by atoms with Gasteiger partial charge in [0.05, 0.1) is 12.3 Å². The molecule has 1 amide bonds. The van der Waals surface area contributed by atoms with Crippen molar-refractivity contribution in [2.24, 2.45) is 0 Å². The number of amides is 1. The highest BCUT2D eigenvalue weighted by atomic mass is 19.1. The summed E-state index contributed by atoms with van der Waals surface area (Å²) in [5.41, 5.74) is -0.342. The van der Waals surface area contributed by atoms with E-state index in [1.807, 2.05) is 6.92 Å². The van der Waals surface area contributed by atoms with Crippen molar-refractivity contribution in [3.8, 4) is 11.5 Å². The maximum Gasteiger partial charge on any atom is 0.344 e. The third-order valence-electron chi connectivity index (χ3n) is 3.52. The first-order valence-corrected chi connectivity index (χ1v) is 8.70. The molecular weight excluding hydrogens is 372 g/mol. The summed E-state index contributed by atoms with van der Waals surface area (Å²) in [6.07, 6.45) is -0.417. The third kappa shape index (κ3) is 6.22. The average molecular weight is 393 g/mol. The molecule has 1 atom stereocenters. The van der Waals surface area contributed by atoms with Crippen LogP contribution in [-0.2, 0) is 14.3 Å². The highest BCUT2D eigenvalue weighted by Gasteiger charge is 2.20. The molecule has 0 radical (unpaired) electrons. The first kappa shape index (κ1) is 21.1. The molecule has 0 fully saturated rings. The Morgan fingerprint density at radius 2 is 1.75 bits per heavy atom. The van der Waals surface area contributed by atoms with Gasteiger partial charge in [0.1, 0.15) is 11.6 Å². The van der Waals surface area contributed by atoms with Gasteiger partial charge in [0.25, 0.3) is 5.91 Å². The monoisotopic (exact) mass is 393 g/mol. The molecule has 6 nitrogen and oxygen atoms in total. The number of benzene rings is 2. The van der Waals surface area contributed by atoms with Gasteiger partial charge in [0.15, 0.2) is 24.2 Å². The number of carbonyl (C=O) groups excluding carboxylic acids is 2. The fourth-order valence-corrected chi connectivity index (χ4v) is 2.15. The predicted molar refractivity (Wildman–Crippen MR) is 98.3 cm³/mol. The van der Waals surface area contributed by atoms with Gasteiger partial charge in [-0.05, 0) is 37.6 Å². The van der Waals surface area contributed by atoms with Crippen LogP contribution < -0.4 is 14.8 Å². The number of carbonyl (C=O) groups is 2. The molecule has 8 heteroatoms. The number of ether oxygens (including phenoxy) is 3. The van der Waals surface area contributed by atoms with E-state index in [-0.39, 0.29) is 5.69 Å². The van der Waals surface area contributed by atoms with E-state index >= 15 is 0 Å². The zero-order chi connectivity index (χ0) is 20.5. The van der Waals surface area contributed by atoms with Gasteiger partial charge in [0, 0.05) is 6.07 Å². The summed E-state index contributed by atoms with van der Waals surface area (Å²) in [5, 5.41) is 2.17. The van der Waals surface area contributed by atoms with Gasteiger partial charge in [-0.25, -0.2) is 13.6 Å². The van der Waals surface area contributed by atoms with Crippen LogP contribution in [0.25, 0.3) is 0 Å². The summed E-state index contributed by atoms with van der Waals surface area (Å²) in [6, 6.07) is 9.48. The Bertz CT molecular complexity index is 828. The number of hydrogen-bond donors (Lipinski definition) is 1. The first-order chi connectivity index (χ1) is 13.4. The third-order valence-corrected chi connectivity index (χ3v) is 3.52. The molecule has 0 spiro atoms. The van der Waals surface area contributed by atoms with Crippen LogP contribution in [0.2, 0.25) is 0 Å². The molecule has 0 aromatic heterocycles. The summed E-state index contributed by atoms with van der Waals surface area (Å²) in [6.45, 7) is 3.32. The second-order valence-electron chi connectivity index (χ2n) is 5.83. The van der Waals surface area contributed by atoms with Crippen LogP contribution in [-0.4, -0.2) is 31.2 Å². The summed E-state index contributed by atoms with van der Waals surface area (Å²) in [5.74, 6) is -2.26. The molecule has 2 aromatic rings. The molecule has 0 aliphatic heterocycles. The minimum absolute atomic E-state index is 0.342. The van der Waals surface area contributed by atoms with E-state index in [4.69, 9.17) is 14.2 Å². The Kier molecular flexibility index (Phi) is 7.74. The van der Waals surface area contributed by atoms with Crippen LogP contribution in [0.5, 0.6) is 11.5 Å². The quantitative estimate of drug-likeness (QED) is 0.658. The van der Waals surface area contributed by atoms with Crippen molar-refractivity contribution >= 4 is 17.6 Å². The predicted octanol–water partition coefficient (Wildman–Crippen LogP) is 3.70. The molecule has 0 bridgehead atoms. The Morgan fingerprint density at radius 3 is 2.43 bits per heavy atom. The maximum absolute atomic E-state index is 13.6. The van der Waals surface area contributed by atoms with Gasteiger partial charge in [0.2, 0.25) is 0 Å². The van der Waals surface area contributed by atoms with Crippen molar-refractivity contribution in [2.45, 2.75) is 26.4 Å². The first-order valence-electron chi connectivity index (χ1n) is 8.70. The van der Waals surface area contributed by atoms with Gasteiger partial charge < -0.3 is 19.5 Å². The number of rotatable bonds is 9. The van der Waals surface area contributed by atoms with Crippen molar-refractivity contribution < 1.29 is 32.6 Å². The Balaban J connectivity index is 1.87. The fraction of sp³-hybridized carbons (Fsp3) is 0.300. The van der Waals surface area contributed by atoms with Crippen molar-refractivity contribution in [3.05, 3.63) is 54.1 Å². The van der Waals surface area contributed by atoms with E-state index in [2.05, 4.69) is 5.32 Å². The van der Waals surface area contributed by atoms with E-state index in [9.17, 15) is 18.4 Å². The molecule has 1 N–H and O–H groups in total. The zero-order valence-corrected chi connectivity index (χ0v) is 15.5. The van der Waals surface area contributed by atoms with Crippen LogP contribution in [0.15, 0.2) is 42.5 Å². The molecule has 0 aliphatic rings. The normalized spacial score (nSPS) is 11.4. The minimum Gasteiger partial charge on any atom is -0.490 e. The highest BCUT2D eigenvalue weighted by Crippen LogP contribution is 2.26. The molecule has 0 unspecified atom stereocenters. The number of anilines is 1. The van der Waals surface area contributed by atoms with Crippen molar-refractivity contribution in [3.63, 3.8) is 0 Å². The molecule has 0 aliphatic carbocycles. The zero-order valence-electron chi connectivity index (χ0n) is 15.5. The number of hydrogen-bond acceptors (Lipinski definition) is 5. The molecule has 2 rings (SSSR count). The van der Waals surface area contributed by atoms with Gasteiger partial charge in [-0.2, -0.15) is 0 Å². The van der Waals surface area contributed by atoms with E-state index < -0.39 is 36.2 Å². The summed E-state index contributed by atoms with van der Waals surface area (Å²) in [7, 11) is 0. The topological polar surface area (TPSA) is 73.9 Å². The number of nitrogens with one attached hydrogen (secondary N) is 1. The lowest BCUT2D eigenvalue weighted by molar-refractivity contribution is -0.155. The Labute approximate surface area is 161 Å². The molecule has 150 valence electrons. The van der Waals surface area contributed by atoms with Gasteiger partial charge in [-0.3, -0.25) is 4.79 Å². The second-order valence-corrected chi connectivity index (χ2v) is 5.83. The lowest BCUT2D eigenvalue weighted by Crippen LogP contribution is -2.32. The van der Waals surface area contributed by atoms with E-state index in [1.54, 1.807) is 24.3 Å². The summed E-state index contributed by atoms with van der Waals surface area (Å²) in [4.78, 5) is 23.9. The van der Waals surface area contributed by atoms with Gasteiger partial charge >= 0.3 is 5.97 Å². The van der Waals surface area contributed by atoms with E-state index in [1.165, 1.54) is 6.92 Å². The molecule has 2 aromatic carbocycles. The smallest absolute Gasteiger partial charge is 0.344 e. The number of esters is 1. The average Bonchev–Trinajstić information content (AvgIpc) is 2.68. The molecule has 0 saturated heterocycles. The lowest BCUT2D eigenvalue weighted by atomic mass is 10.2. The Morgan fingerprint density at radius 1 is 1.07 bits per heavy atom.